The maximum atomic E-state index is 12.1. The molecule has 0 saturated heterocycles. The van der Waals surface area contributed by atoms with Crippen molar-refractivity contribution in [2.45, 2.75) is 20.0 Å². The van der Waals surface area contributed by atoms with Crippen LogP contribution >= 0.6 is 0 Å². The Morgan fingerprint density at radius 2 is 1.42 bits per heavy atom. The summed E-state index contributed by atoms with van der Waals surface area (Å²) in [5.74, 6) is -0.0433. The number of ether oxygens (including phenoxy) is 1. The molecule has 1 atom stereocenters. The SMILES string of the molecule is CC(C)[C@H](OC(=O)c1ccccc1)c1ccccc1. The Kier molecular flexibility index (Phi) is 4.35. The van der Waals surface area contributed by atoms with Gasteiger partial charge in [0.2, 0.25) is 0 Å². The van der Waals surface area contributed by atoms with Crippen LogP contribution in [-0.2, 0) is 4.74 Å². The summed E-state index contributed by atoms with van der Waals surface area (Å²) in [5, 5.41) is 0. The van der Waals surface area contributed by atoms with Crippen LogP contribution in [0.15, 0.2) is 60.7 Å². The third-order valence-corrected chi connectivity index (χ3v) is 2.98. The first-order valence-electron chi connectivity index (χ1n) is 6.49. The number of benzene rings is 2. The largest absolute Gasteiger partial charge is 0.454 e. The summed E-state index contributed by atoms with van der Waals surface area (Å²) < 4.78 is 5.65. The monoisotopic (exact) mass is 254 g/mol. The molecule has 0 aliphatic carbocycles. The van der Waals surface area contributed by atoms with Crippen molar-refractivity contribution in [1.29, 1.82) is 0 Å². The summed E-state index contributed by atoms with van der Waals surface area (Å²) in [6, 6.07) is 18.9. The molecule has 0 heterocycles. The maximum Gasteiger partial charge on any atom is 0.338 e. The smallest absolute Gasteiger partial charge is 0.338 e. The number of esters is 1. The van der Waals surface area contributed by atoms with Crippen LogP contribution in [0.25, 0.3) is 0 Å². The van der Waals surface area contributed by atoms with Crippen molar-refractivity contribution in [2.24, 2.45) is 5.92 Å². The van der Waals surface area contributed by atoms with Gasteiger partial charge in [0.1, 0.15) is 6.10 Å². The minimum absolute atomic E-state index is 0.214. The lowest BCUT2D eigenvalue weighted by Crippen LogP contribution is -2.16. The van der Waals surface area contributed by atoms with E-state index < -0.39 is 0 Å². The summed E-state index contributed by atoms with van der Waals surface area (Å²) in [4.78, 5) is 12.1. The van der Waals surface area contributed by atoms with Gasteiger partial charge in [-0.1, -0.05) is 62.4 Å². The van der Waals surface area contributed by atoms with Gasteiger partial charge in [0.15, 0.2) is 0 Å². The average molecular weight is 254 g/mol. The van der Waals surface area contributed by atoms with Crippen LogP contribution in [0.2, 0.25) is 0 Å². The van der Waals surface area contributed by atoms with E-state index in [0.29, 0.717) is 5.56 Å². The Hall–Kier alpha value is -2.09. The molecule has 2 rings (SSSR count). The summed E-state index contributed by atoms with van der Waals surface area (Å²) in [6.45, 7) is 4.10. The molecule has 0 spiro atoms. The quantitative estimate of drug-likeness (QED) is 0.763. The average Bonchev–Trinajstić information content (AvgIpc) is 2.46. The molecule has 0 bridgehead atoms. The van der Waals surface area contributed by atoms with Crippen molar-refractivity contribution in [2.75, 3.05) is 0 Å². The first kappa shape index (κ1) is 13.3. The predicted molar refractivity (Wildman–Crippen MR) is 75.9 cm³/mol. The first-order valence-corrected chi connectivity index (χ1v) is 6.49. The predicted octanol–water partition coefficient (Wildman–Crippen LogP) is 4.24. The van der Waals surface area contributed by atoms with Gasteiger partial charge in [0.05, 0.1) is 5.56 Å². The highest BCUT2D eigenvalue weighted by Gasteiger charge is 2.20. The molecule has 2 nitrogen and oxygen atoms in total. The molecule has 2 heteroatoms. The zero-order chi connectivity index (χ0) is 13.7. The van der Waals surface area contributed by atoms with E-state index in [0.717, 1.165) is 5.56 Å². The second-order valence-electron chi connectivity index (χ2n) is 4.85. The normalized spacial score (nSPS) is 12.2. The van der Waals surface area contributed by atoms with E-state index in [1.165, 1.54) is 0 Å². The Balaban J connectivity index is 2.17. The fraction of sp³-hybridized carbons (Fsp3) is 0.235. The van der Waals surface area contributed by atoms with Gasteiger partial charge < -0.3 is 4.74 Å². The van der Waals surface area contributed by atoms with Crippen molar-refractivity contribution in [3.8, 4) is 0 Å². The van der Waals surface area contributed by atoms with Gasteiger partial charge in [0.25, 0.3) is 0 Å². The molecule has 98 valence electrons. The molecule has 19 heavy (non-hydrogen) atoms. The molecule has 2 aromatic carbocycles. The van der Waals surface area contributed by atoms with Crippen LogP contribution in [-0.4, -0.2) is 5.97 Å². The van der Waals surface area contributed by atoms with Crippen molar-refractivity contribution in [3.63, 3.8) is 0 Å². The lowest BCUT2D eigenvalue weighted by atomic mass is 9.99. The van der Waals surface area contributed by atoms with Gasteiger partial charge in [-0.25, -0.2) is 4.79 Å². The highest BCUT2D eigenvalue weighted by molar-refractivity contribution is 5.89. The summed E-state index contributed by atoms with van der Waals surface area (Å²) in [6.07, 6.45) is -0.214. The van der Waals surface area contributed by atoms with Crippen LogP contribution in [0.3, 0.4) is 0 Å². The van der Waals surface area contributed by atoms with E-state index in [-0.39, 0.29) is 18.0 Å². The molecular weight excluding hydrogens is 236 g/mol. The lowest BCUT2D eigenvalue weighted by Gasteiger charge is -2.21. The zero-order valence-electron chi connectivity index (χ0n) is 11.2. The van der Waals surface area contributed by atoms with Crippen molar-refractivity contribution >= 4 is 5.97 Å². The molecule has 0 saturated carbocycles. The van der Waals surface area contributed by atoms with Crippen LogP contribution in [0, 0.1) is 5.92 Å². The molecule has 0 radical (unpaired) electrons. The first-order chi connectivity index (χ1) is 9.18. The van der Waals surface area contributed by atoms with Crippen molar-refractivity contribution in [1.82, 2.24) is 0 Å². The molecule has 0 aliphatic rings. The molecule has 0 aliphatic heterocycles. The molecule has 0 N–H and O–H groups in total. The Labute approximate surface area is 114 Å². The van der Waals surface area contributed by atoms with Crippen LogP contribution in [0.5, 0.6) is 0 Å². The van der Waals surface area contributed by atoms with E-state index in [4.69, 9.17) is 4.74 Å². The molecule has 0 aromatic heterocycles. The number of hydrogen-bond donors (Lipinski definition) is 0. The van der Waals surface area contributed by atoms with E-state index in [9.17, 15) is 4.79 Å². The third-order valence-electron chi connectivity index (χ3n) is 2.98. The maximum absolute atomic E-state index is 12.1. The summed E-state index contributed by atoms with van der Waals surface area (Å²) >= 11 is 0. The summed E-state index contributed by atoms with van der Waals surface area (Å²) in [7, 11) is 0. The van der Waals surface area contributed by atoms with Gasteiger partial charge in [0, 0.05) is 0 Å². The number of carbonyl (C=O) groups is 1. The molecule has 2 aromatic rings. The highest BCUT2D eigenvalue weighted by atomic mass is 16.5. The Bertz CT molecular complexity index is 517. The topological polar surface area (TPSA) is 26.3 Å². The molecule has 0 fully saturated rings. The van der Waals surface area contributed by atoms with Gasteiger partial charge in [-0.2, -0.15) is 0 Å². The standard InChI is InChI=1S/C17H18O2/c1-13(2)16(14-9-5-3-6-10-14)19-17(18)15-11-7-4-8-12-15/h3-13,16H,1-2H3/t16-/m0/s1. The lowest BCUT2D eigenvalue weighted by molar-refractivity contribution is 0.0176. The Morgan fingerprint density at radius 3 is 1.95 bits per heavy atom. The Morgan fingerprint density at radius 1 is 0.895 bits per heavy atom. The van der Waals surface area contributed by atoms with Gasteiger partial charge >= 0.3 is 5.97 Å². The van der Waals surface area contributed by atoms with Gasteiger partial charge in [-0.05, 0) is 23.6 Å². The van der Waals surface area contributed by atoms with E-state index >= 15 is 0 Å². The van der Waals surface area contributed by atoms with Crippen LogP contribution in [0.4, 0.5) is 0 Å². The van der Waals surface area contributed by atoms with E-state index in [1.807, 2.05) is 48.5 Å². The highest BCUT2D eigenvalue weighted by Crippen LogP contribution is 2.26. The van der Waals surface area contributed by atoms with Gasteiger partial charge in [-0.3, -0.25) is 0 Å². The fourth-order valence-corrected chi connectivity index (χ4v) is 1.99. The van der Waals surface area contributed by atoms with Crippen LogP contribution in [0.1, 0.15) is 35.9 Å². The second-order valence-corrected chi connectivity index (χ2v) is 4.85. The minimum atomic E-state index is -0.275. The van der Waals surface area contributed by atoms with E-state index in [1.54, 1.807) is 12.1 Å². The molecule has 0 unspecified atom stereocenters. The number of carbonyl (C=O) groups excluding carboxylic acids is 1. The van der Waals surface area contributed by atoms with E-state index in [2.05, 4.69) is 13.8 Å². The minimum Gasteiger partial charge on any atom is -0.454 e. The number of rotatable bonds is 4. The third kappa shape index (κ3) is 3.44. The number of hydrogen-bond acceptors (Lipinski definition) is 2. The summed E-state index contributed by atoms with van der Waals surface area (Å²) in [5.41, 5.74) is 1.62. The van der Waals surface area contributed by atoms with Crippen LogP contribution < -0.4 is 0 Å². The van der Waals surface area contributed by atoms with Crippen molar-refractivity contribution in [3.05, 3.63) is 71.8 Å². The van der Waals surface area contributed by atoms with Crippen molar-refractivity contribution < 1.29 is 9.53 Å². The molecule has 0 amide bonds. The zero-order valence-corrected chi connectivity index (χ0v) is 11.2. The molecular formula is C17H18O2. The second kappa shape index (κ2) is 6.19. The fourth-order valence-electron chi connectivity index (χ4n) is 1.99. The van der Waals surface area contributed by atoms with Gasteiger partial charge in [-0.15, -0.1) is 0 Å².